The van der Waals surface area contributed by atoms with E-state index in [0.717, 1.165) is 7.11 Å². The van der Waals surface area contributed by atoms with Crippen LogP contribution in [0.4, 0.5) is 32.0 Å². The van der Waals surface area contributed by atoms with Gasteiger partial charge in [0.25, 0.3) is 18.0 Å². The first kappa shape index (κ1) is 22.6. The second-order valence-electron chi connectivity index (χ2n) is 4.71. The Morgan fingerprint density at radius 3 is 1.96 bits per heavy atom. The van der Waals surface area contributed by atoms with Crippen molar-refractivity contribution in [1.82, 2.24) is 0 Å². The highest BCUT2D eigenvalue weighted by Gasteiger charge is 2.60. The van der Waals surface area contributed by atoms with E-state index in [9.17, 15) is 41.0 Å². The van der Waals surface area contributed by atoms with Crippen LogP contribution >= 0.6 is 15.9 Å². The summed E-state index contributed by atoms with van der Waals surface area (Å²) in [5, 5.41) is 11.4. The van der Waals surface area contributed by atoms with Gasteiger partial charge >= 0.3 is 18.3 Å². The van der Waals surface area contributed by atoms with Gasteiger partial charge in [-0.05, 0) is 24.3 Å². The molecule has 150 valence electrons. The number of amides is 1. The van der Waals surface area contributed by atoms with E-state index in [1.807, 2.05) is 5.32 Å². The van der Waals surface area contributed by atoms with Crippen molar-refractivity contribution < 1.29 is 50.5 Å². The molecule has 13 heteroatoms. The number of anilines is 1. The van der Waals surface area contributed by atoms with Gasteiger partial charge in [0.05, 0.1) is 7.11 Å². The normalized spacial score (nSPS) is 13.1. The molecule has 0 aliphatic heterocycles. The molecular weight excluding hydrogens is 456 g/mol. The van der Waals surface area contributed by atoms with Crippen LogP contribution in [0.25, 0.3) is 0 Å². The number of aliphatic hydroxyl groups excluding tert-OH is 1. The Labute approximate surface area is 155 Å². The Balaban J connectivity index is 3.14. The Morgan fingerprint density at radius 2 is 1.56 bits per heavy atom. The molecule has 6 nitrogen and oxygen atoms in total. The molecule has 0 aliphatic carbocycles. The number of hydrogen-bond acceptors (Lipinski definition) is 5. The average Bonchev–Trinajstić information content (AvgIpc) is 2.52. The van der Waals surface area contributed by atoms with Gasteiger partial charge in [0.15, 0.2) is 0 Å². The van der Waals surface area contributed by atoms with Crippen molar-refractivity contribution in [2.24, 2.45) is 0 Å². The van der Waals surface area contributed by atoms with Crippen molar-refractivity contribution in [3.05, 3.63) is 40.3 Å². The molecule has 0 spiro atoms. The standard InChI is InChI=1S/C14H10BrF6NO5/c1-26-10(24)8(9(23)22-7-4-2-6(15)3-5-7)11(25)27-12(13(16,17)18)14(19,20)21/h2-5,12,24H,1H3,(H,22,23)/b10-8+. The third-order valence-corrected chi connectivity index (χ3v) is 3.29. The Kier molecular flexibility index (Phi) is 7.11. The maximum atomic E-state index is 12.5. The molecule has 1 rings (SSSR count). The van der Waals surface area contributed by atoms with E-state index >= 15 is 0 Å². The van der Waals surface area contributed by atoms with Crippen LogP contribution in [0.1, 0.15) is 0 Å². The number of carbonyl (C=O) groups excluding carboxylic acids is 2. The average molecular weight is 466 g/mol. The first-order chi connectivity index (χ1) is 12.3. The lowest BCUT2D eigenvalue weighted by Crippen LogP contribution is -2.46. The number of alkyl halides is 6. The minimum absolute atomic E-state index is 0.0144. The number of ether oxygens (including phenoxy) is 2. The molecule has 0 aromatic heterocycles. The fourth-order valence-electron chi connectivity index (χ4n) is 1.59. The molecule has 2 N–H and O–H groups in total. The van der Waals surface area contributed by atoms with E-state index in [4.69, 9.17) is 0 Å². The zero-order valence-corrected chi connectivity index (χ0v) is 14.7. The molecular formula is C14H10BrF6NO5. The summed E-state index contributed by atoms with van der Waals surface area (Å²) in [6.07, 6.45) is -16.5. The van der Waals surface area contributed by atoms with Crippen molar-refractivity contribution >= 4 is 33.5 Å². The summed E-state index contributed by atoms with van der Waals surface area (Å²) in [5.41, 5.74) is -1.57. The summed E-state index contributed by atoms with van der Waals surface area (Å²) in [5.74, 6) is -5.47. The number of aliphatic hydroxyl groups is 1. The van der Waals surface area contributed by atoms with Gasteiger partial charge in [0.2, 0.25) is 5.57 Å². The first-order valence-corrected chi connectivity index (χ1v) is 7.45. The molecule has 27 heavy (non-hydrogen) atoms. The molecule has 0 heterocycles. The Hall–Kier alpha value is -2.44. The van der Waals surface area contributed by atoms with Crippen LogP contribution in [0, 0.1) is 0 Å². The second kappa shape index (κ2) is 8.50. The number of benzene rings is 1. The Morgan fingerprint density at radius 1 is 1.07 bits per heavy atom. The maximum absolute atomic E-state index is 12.5. The summed E-state index contributed by atoms with van der Waals surface area (Å²) >= 11 is 3.09. The van der Waals surface area contributed by atoms with E-state index in [2.05, 4.69) is 25.4 Å². The lowest BCUT2D eigenvalue weighted by atomic mass is 10.2. The fourth-order valence-corrected chi connectivity index (χ4v) is 1.86. The number of nitrogens with one attached hydrogen (secondary N) is 1. The summed E-state index contributed by atoms with van der Waals surface area (Å²) in [7, 11) is 0.723. The van der Waals surface area contributed by atoms with Crippen molar-refractivity contribution in [2.45, 2.75) is 18.5 Å². The van der Waals surface area contributed by atoms with Crippen LogP contribution in [-0.4, -0.2) is 42.5 Å². The predicted molar refractivity (Wildman–Crippen MR) is 81.4 cm³/mol. The van der Waals surface area contributed by atoms with Crippen molar-refractivity contribution in [3.8, 4) is 0 Å². The minimum atomic E-state index is -6.00. The molecule has 1 amide bonds. The Bertz CT molecular complexity index is 715. The molecule has 0 fully saturated rings. The number of halogens is 7. The molecule has 0 radical (unpaired) electrons. The van der Waals surface area contributed by atoms with Crippen LogP contribution in [0.2, 0.25) is 0 Å². The van der Waals surface area contributed by atoms with Gasteiger partial charge in [-0.2, -0.15) is 26.3 Å². The summed E-state index contributed by atoms with van der Waals surface area (Å²) < 4.78 is 83.1. The van der Waals surface area contributed by atoms with Gasteiger partial charge < -0.3 is 19.9 Å². The van der Waals surface area contributed by atoms with Gasteiger partial charge in [-0.25, -0.2) is 4.79 Å². The highest BCUT2D eigenvalue weighted by molar-refractivity contribution is 9.10. The molecule has 0 aliphatic rings. The van der Waals surface area contributed by atoms with Crippen LogP contribution in [-0.2, 0) is 19.1 Å². The van der Waals surface area contributed by atoms with Crippen molar-refractivity contribution in [2.75, 3.05) is 12.4 Å². The van der Waals surface area contributed by atoms with Crippen LogP contribution in [0.5, 0.6) is 0 Å². The number of methoxy groups -OCH3 is 1. The zero-order chi connectivity index (χ0) is 21.0. The van der Waals surface area contributed by atoms with E-state index in [1.165, 1.54) is 24.3 Å². The quantitative estimate of drug-likeness (QED) is 0.172. The molecule has 0 saturated carbocycles. The largest absolute Gasteiger partial charge is 0.480 e. The van der Waals surface area contributed by atoms with Crippen molar-refractivity contribution in [3.63, 3.8) is 0 Å². The van der Waals surface area contributed by atoms with Gasteiger partial charge in [0, 0.05) is 10.2 Å². The molecule has 1 aromatic carbocycles. The number of esters is 1. The van der Waals surface area contributed by atoms with Gasteiger partial charge in [0.1, 0.15) is 0 Å². The van der Waals surface area contributed by atoms with E-state index in [0.29, 0.717) is 4.47 Å². The molecule has 0 bridgehead atoms. The van der Waals surface area contributed by atoms with E-state index in [-0.39, 0.29) is 5.69 Å². The predicted octanol–water partition coefficient (Wildman–Crippen LogP) is 3.84. The summed E-state index contributed by atoms with van der Waals surface area (Å²) in [4.78, 5) is 23.8. The SMILES string of the molecule is CO/C(O)=C(\C(=O)Nc1ccc(Br)cc1)C(=O)OC(C(F)(F)F)C(F)(F)F. The maximum Gasteiger partial charge on any atom is 0.434 e. The number of carbonyl (C=O) groups is 2. The highest BCUT2D eigenvalue weighted by Crippen LogP contribution is 2.36. The van der Waals surface area contributed by atoms with Gasteiger partial charge in [-0.15, -0.1) is 0 Å². The van der Waals surface area contributed by atoms with Gasteiger partial charge in [-0.1, -0.05) is 15.9 Å². The topological polar surface area (TPSA) is 84.9 Å². The smallest absolute Gasteiger partial charge is 0.434 e. The monoisotopic (exact) mass is 465 g/mol. The third kappa shape index (κ3) is 6.34. The highest BCUT2D eigenvalue weighted by atomic mass is 79.9. The van der Waals surface area contributed by atoms with Crippen LogP contribution < -0.4 is 5.32 Å². The minimum Gasteiger partial charge on any atom is -0.480 e. The van der Waals surface area contributed by atoms with Crippen molar-refractivity contribution in [1.29, 1.82) is 0 Å². The van der Waals surface area contributed by atoms with Crippen LogP contribution in [0.3, 0.4) is 0 Å². The second-order valence-corrected chi connectivity index (χ2v) is 5.63. The van der Waals surface area contributed by atoms with Crippen LogP contribution in [0.15, 0.2) is 40.3 Å². The van der Waals surface area contributed by atoms with E-state index in [1.54, 1.807) is 0 Å². The lowest BCUT2D eigenvalue weighted by Gasteiger charge is -2.23. The summed E-state index contributed by atoms with van der Waals surface area (Å²) in [6, 6.07) is 5.47. The number of rotatable bonds is 5. The lowest BCUT2D eigenvalue weighted by molar-refractivity contribution is -0.312. The van der Waals surface area contributed by atoms with Gasteiger partial charge in [-0.3, -0.25) is 4.79 Å². The molecule has 0 unspecified atom stereocenters. The number of hydrogen-bond donors (Lipinski definition) is 2. The fraction of sp³-hybridized carbons (Fsp3) is 0.286. The first-order valence-electron chi connectivity index (χ1n) is 6.66. The zero-order valence-electron chi connectivity index (χ0n) is 13.1. The molecule has 0 saturated heterocycles. The molecule has 1 aromatic rings. The molecule has 0 atom stereocenters. The summed E-state index contributed by atoms with van der Waals surface area (Å²) in [6.45, 7) is 0. The van der Waals surface area contributed by atoms with E-state index < -0.39 is 41.9 Å². The third-order valence-electron chi connectivity index (χ3n) is 2.76.